The first-order valence-corrected chi connectivity index (χ1v) is 4.35. The molecule has 0 spiro atoms. The zero-order chi connectivity index (χ0) is 10.9. The molecular weight excluding hydrogens is 182 g/mol. The highest BCUT2D eigenvalue weighted by Gasteiger charge is 2.21. The van der Waals surface area contributed by atoms with Gasteiger partial charge in [-0.15, -0.1) is 0 Å². The maximum Gasteiger partial charge on any atom is 0.359 e. The number of nitrogens with two attached hydrogens (primary N) is 1. The highest BCUT2D eigenvalue weighted by Crippen LogP contribution is 2.14. The number of ether oxygens (including phenoxy) is 1. The van der Waals surface area contributed by atoms with Gasteiger partial charge in [0.25, 0.3) is 0 Å². The van der Waals surface area contributed by atoms with E-state index in [-0.39, 0.29) is 11.5 Å². The van der Waals surface area contributed by atoms with Crippen LogP contribution in [0.1, 0.15) is 37.1 Å². The summed E-state index contributed by atoms with van der Waals surface area (Å²) in [5, 5.41) is 0. The molecule has 1 heterocycles. The maximum absolute atomic E-state index is 11.5. The molecule has 1 rings (SSSR count). The van der Waals surface area contributed by atoms with Crippen molar-refractivity contribution in [3.63, 3.8) is 0 Å². The molecule has 0 aliphatic heterocycles. The predicted octanol–water partition coefficient (Wildman–Crippen LogP) is 1.26. The van der Waals surface area contributed by atoms with Crippen molar-refractivity contribution in [2.45, 2.75) is 33.3 Å². The van der Waals surface area contributed by atoms with Gasteiger partial charge in [-0.3, -0.25) is 0 Å². The van der Waals surface area contributed by atoms with Crippen molar-refractivity contribution < 1.29 is 9.53 Å². The van der Waals surface area contributed by atoms with E-state index in [0.717, 1.165) is 0 Å². The Balaban J connectivity index is 2.85. The molecule has 0 unspecified atom stereocenters. The van der Waals surface area contributed by atoms with E-state index >= 15 is 0 Å². The molecule has 1 aromatic heterocycles. The summed E-state index contributed by atoms with van der Waals surface area (Å²) in [5.74, 6) is 0.302. The van der Waals surface area contributed by atoms with E-state index in [1.54, 1.807) is 27.7 Å². The largest absolute Gasteiger partial charge is 0.455 e. The highest BCUT2D eigenvalue weighted by atomic mass is 16.6. The van der Waals surface area contributed by atoms with Crippen LogP contribution in [0.3, 0.4) is 0 Å². The summed E-state index contributed by atoms with van der Waals surface area (Å²) in [6.45, 7) is 7.11. The lowest BCUT2D eigenvalue weighted by Crippen LogP contribution is -2.24. The van der Waals surface area contributed by atoms with Gasteiger partial charge in [0.15, 0.2) is 11.5 Å². The number of imidazole rings is 1. The van der Waals surface area contributed by atoms with Crippen LogP contribution in [0, 0.1) is 6.92 Å². The van der Waals surface area contributed by atoms with Crippen molar-refractivity contribution in [3.05, 3.63) is 11.5 Å². The van der Waals surface area contributed by atoms with Gasteiger partial charge < -0.3 is 15.5 Å². The first-order chi connectivity index (χ1) is 6.29. The number of aryl methyl sites for hydroxylation is 1. The van der Waals surface area contributed by atoms with Gasteiger partial charge in [-0.2, -0.15) is 0 Å². The quantitative estimate of drug-likeness (QED) is 0.664. The Bertz CT molecular complexity index is 349. The van der Waals surface area contributed by atoms with E-state index in [9.17, 15) is 4.79 Å². The first kappa shape index (κ1) is 10.6. The van der Waals surface area contributed by atoms with Crippen LogP contribution in [0.4, 0.5) is 5.82 Å². The van der Waals surface area contributed by atoms with Crippen LogP contribution in [0.2, 0.25) is 0 Å². The molecule has 78 valence electrons. The van der Waals surface area contributed by atoms with E-state index in [4.69, 9.17) is 10.5 Å². The second-order valence-electron chi connectivity index (χ2n) is 4.08. The average molecular weight is 197 g/mol. The smallest absolute Gasteiger partial charge is 0.359 e. The molecule has 0 aliphatic rings. The lowest BCUT2D eigenvalue weighted by atomic mass is 10.2. The fourth-order valence-corrected chi connectivity index (χ4v) is 0.994. The number of nitrogens with one attached hydrogen (secondary N) is 1. The number of hydrogen-bond acceptors (Lipinski definition) is 4. The van der Waals surface area contributed by atoms with Crippen LogP contribution in [0.5, 0.6) is 0 Å². The van der Waals surface area contributed by atoms with Gasteiger partial charge in [-0.05, 0) is 27.7 Å². The molecular formula is C9H15N3O2. The van der Waals surface area contributed by atoms with Crippen LogP contribution < -0.4 is 5.73 Å². The minimum absolute atomic E-state index is 0.178. The molecule has 0 bridgehead atoms. The molecule has 0 fully saturated rings. The predicted molar refractivity (Wildman–Crippen MR) is 52.9 cm³/mol. The van der Waals surface area contributed by atoms with Crippen molar-refractivity contribution in [2.75, 3.05) is 5.73 Å². The number of anilines is 1. The fraction of sp³-hybridized carbons (Fsp3) is 0.556. The van der Waals surface area contributed by atoms with Crippen LogP contribution in [0.15, 0.2) is 0 Å². The lowest BCUT2D eigenvalue weighted by molar-refractivity contribution is 0.00647. The van der Waals surface area contributed by atoms with E-state index in [1.165, 1.54) is 0 Å². The number of nitrogens with zero attached hydrogens (tertiary/aromatic N) is 1. The van der Waals surface area contributed by atoms with Crippen molar-refractivity contribution in [3.8, 4) is 0 Å². The number of aromatic amines is 1. The van der Waals surface area contributed by atoms with E-state index < -0.39 is 11.6 Å². The standard InChI is InChI=1S/C9H15N3O2/c1-5-11-6(7(10)12-5)8(13)14-9(2,3)4/h10H2,1-4H3,(H,11,12). The molecule has 14 heavy (non-hydrogen) atoms. The molecule has 0 saturated carbocycles. The molecule has 5 heteroatoms. The number of nitrogen functional groups attached to an aromatic ring is 1. The van der Waals surface area contributed by atoms with Gasteiger partial charge >= 0.3 is 5.97 Å². The zero-order valence-corrected chi connectivity index (χ0v) is 8.84. The molecule has 5 nitrogen and oxygen atoms in total. The molecule has 0 saturated heterocycles. The van der Waals surface area contributed by atoms with Gasteiger partial charge in [0.1, 0.15) is 11.4 Å². The molecule has 0 aromatic carbocycles. The number of carbonyl (C=O) groups excluding carboxylic acids is 1. The monoisotopic (exact) mass is 197 g/mol. The maximum atomic E-state index is 11.5. The topological polar surface area (TPSA) is 81.0 Å². The number of aromatic nitrogens is 2. The normalized spacial score (nSPS) is 11.4. The first-order valence-electron chi connectivity index (χ1n) is 4.35. The Hall–Kier alpha value is -1.52. The fourth-order valence-electron chi connectivity index (χ4n) is 0.994. The summed E-state index contributed by atoms with van der Waals surface area (Å²) >= 11 is 0. The van der Waals surface area contributed by atoms with Gasteiger partial charge in [-0.25, -0.2) is 9.78 Å². The summed E-state index contributed by atoms with van der Waals surface area (Å²) in [6.07, 6.45) is 0. The minimum Gasteiger partial charge on any atom is -0.455 e. The van der Waals surface area contributed by atoms with Crippen molar-refractivity contribution >= 4 is 11.8 Å². The molecule has 0 amide bonds. The number of rotatable bonds is 1. The third kappa shape index (κ3) is 2.48. The second kappa shape index (κ2) is 3.32. The Labute approximate surface area is 82.7 Å². The lowest BCUT2D eigenvalue weighted by Gasteiger charge is -2.18. The highest BCUT2D eigenvalue weighted by molar-refractivity contribution is 5.92. The van der Waals surface area contributed by atoms with Crippen molar-refractivity contribution in [1.82, 2.24) is 9.97 Å². The van der Waals surface area contributed by atoms with Crippen LogP contribution in [0.25, 0.3) is 0 Å². The Morgan fingerprint density at radius 2 is 2.07 bits per heavy atom. The molecule has 3 N–H and O–H groups in total. The van der Waals surface area contributed by atoms with Crippen LogP contribution in [-0.2, 0) is 4.74 Å². The SMILES string of the molecule is Cc1nc(N)c(C(=O)OC(C)(C)C)[nH]1. The summed E-state index contributed by atoms with van der Waals surface area (Å²) in [5.41, 5.74) is 5.21. The van der Waals surface area contributed by atoms with Gasteiger partial charge in [-0.1, -0.05) is 0 Å². The zero-order valence-electron chi connectivity index (χ0n) is 8.84. The van der Waals surface area contributed by atoms with Gasteiger partial charge in [0.05, 0.1) is 0 Å². The number of H-pyrrole nitrogens is 1. The summed E-state index contributed by atoms with van der Waals surface area (Å²) in [6, 6.07) is 0. The Morgan fingerprint density at radius 1 is 1.50 bits per heavy atom. The third-order valence-electron chi connectivity index (χ3n) is 1.45. The minimum atomic E-state index is -0.525. The average Bonchev–Trinajstić information content (AvgIpc) is 2.26. The van der Waals surface area contributed by atoms with E-state index in [1.807, 2.05) is 0 Å². The van der Waals surface area contributed by atoms with Crippen molar-refractivity contribution in [1.29, 1.82) is 0 Å². The second-order valence-corrected chi connectivity index (χ2v) is 4.08. The van der Waals surface area contributed by atoms with Gasteiger partial charge in [0, 0.05) is 0 Å². The molecule has 1 aromatic rings. The van der Waals surface area contributed by atoms with E-state index in [2.05, 4.69) is 9.97 Å². The van der Waals surface area contributed by atoms with E-state index in [0.29, 0.717) is 5.82 Å². The number of carbonyl (C=O) groups is 1. The van der Waals surface area contributed by atoms with Crippen LogP contribution in [-0.4, -0.2) is 21.5 Å². The third-order valence-corrected chi connectivity index (χ3v) is 1.45. The Morgan fingerprint density at radius 3 is 2.43 bits per heavy atom. The summed E-state index contributed by atoms with van der Waals surface area (Å²) in [7, 11) is 0. The summed E-state index contributed by atoms with van der Waals surface area (Å²) in [4.78, 5) is 18.2. The summed E-state index contributed by atoms with van der Waals surface area (Å²) < 4.78 is 5.13. The van der Waals surface area contributed by atoms with Crippen LogP contribution >= 0.6 is 0 Å². The molecule has 0 radical (unpaired) electrons. The Kier molecular flexibility index (Phi) is 2.51. The van der Waals surface area contributed by atoms with Gasteiger partial charge in [0.2, 0.25) is 0 Å². The van der Waals surface area contributed by atoms with Crippen molar-refractivity contribution in [2.24, 2.45) is 0 Å². The number of hydrogen-bond donors (Lipinski definition) is 2. The molecule has 0 atom stereocenters. The molecule has 0 aliphatic carbocycles. The number of esters is 1.